The Labute approximate surface area is 93.4 Å². The van der Waals surface area contributed by atoms with Crippen LogP contribution in [0.25, 0.3) is 0 Å². The Bertz CT molecular complexity index is 211. The standard InChI is InChI=1S/C7H10N2.CHCl3/c1-9(2)7-3-5-8-6-4-7;2-1(3)4/h3-6H,1-2H3;1H. The molecule has 0 atom stereocenters. The molecule has 5 heteroatoms. The fraction of sp³-hybridized carbons (Fsp3) is 0.375. The number of pyridine rings is 1. The normalized spacial score (nSPS) is 9.08. The quantitative estimate of drug-likeness (QED) is 0.702. The van der Waals surface area contributed by atoms with Gasteiger partial charge >= 0.3 is 0 Å². The maximum Gasteiger partial charge on any atom is 0.180 e. The molecular formula is C8H11Cl3N2. The summed E-state index contributed by atoms with van der Waals surface area (Å²) in [6.07, 6.45) is 3.57. The third kappa shape index (κ3) is 8.16. The third-order valence-corrected chi connectivity index (χ3v) is 1.18. The highest BCUT2D eigenvalue weighted by atomic mass is 35.6. The van der Waals surface area contributed by atoms with Crippen molar-refractivity contribution in [3.05, 3.63) is 24.5 Å². The van der Waals surface area contributed by atoms with Gasteiger partial charge in [-0.25, -0.2) is 0 Å². The van der Waals surface area contributed by atoms with Crippen LogP contribution >= 0.6 is 34.8 Å². The molecule has 0 aliphatic heterocycles. The van der Waals surface area contributed by atoms with Gasteiger partial charge in [-0.1, -0.05) is 34.8 Å². The third-order valence-electron chi connectivity index (χ3n) is 1.18. The molecule has 0 aliphatic rings. The molecule has 1 rings (SSSR count). The zero-order valence-corrected chi connectivity index (χ0v) is 9.68. The molecule has 13 heavy (non-hydrogen) atoms. The molecule has 0 saturated carbocycles. The van der Waals surface area contributed by atoms with E-state index in [2.05, 4.69) is 4.98 Å². The van der Waals surface area contributed by atoms with Crippen molar-refractivity contribution in [2.24, 2.45) is 0 Å². The van der Waals surface area contributed by atoms with E-state index in [0.29, 0.717) is 0 Å². The molecule has 0 aliphatic carbocycles. The Morgan fingerprint density at radius 1 is 1.15 bits per heavy atom. The fourth-order valence-corrected chi connectivity index (χ4v) is 0.642. The van der Waals surface area contributed by atoms with Crippen LogP contribution in [-0.2, 0) is 0 Å². The summed E-state index contributed by atoms with van der Waals surface area (Å²) in [5.74, 6) is 0. The molecule has 0 aromatic carbocycles. The summed E-state index contributed by atoms with van der Waals surface area (Å²) in [4.78, 5) is 5.94. The average molecular weight is 242 g/mol. The van der Waals surface area contributed by atoms with E-state index in [4.69, 9.17) is 34.8 Å². The highest BCUT2D eigenvalue weighted by Gasteiger charge is 1.88. The number of rotatable bonds is 1. The molecule has 1 aromatic heterocycles. The van der Waals surface area contributed by atoms with Crippen LogP contribution in [0.2, 0.25) is 0 Å². The first kappa shape index (κ1) is 12.8. The highest BCUT2D eigenvalue weighted by Crippen LogP contribution is 2.05. The minimum absolute atomic E-state index is 0.750. The topological polar surface area (TPSA) is 16.1 Å². The molecule has 0 spiro atoms. The van der Waals surface area contributed by atoms with Gasteiger partial charge in [0.15, 0.2) is 4.30 Å². The molecule has 0 unspecified atom stereocenters. The lowest BCUT2D eigenvalue weighted by atomic mass is 10.4. The lowest BCUT2D eigenvalue weighted by molar-refractivity contribution is 1.12. The van der Waals surface area contributed by atoms with E-state index < -0.39 is 4.30 Å². The number of halogens is 3. The Morgan fingerprint density at radius 3 is 1.77 bits per heavy atom. The van der Waals surface area contributed by atoms with E-state index in [9.17, 15) is 0 Å². The molecule has 1 heterocycles. The maximum atomic E-state index is 4.81. The van der Waals surface area contributed by atoms with Crippen molar-refractivity contribution in [3.8, 4) is 0 Å². The largest absolute Gasteiger partial charge is 0.378 e. The van der Waals surface area contributed by atoms with Gasteiger partial charge in [-0.2, -0.15) is 0 Å². The first-order valence-electron chi connectivity index (χ1n) is 3.53. The van der Waals surface area contributed by atoms with Gasteiger partial charge in [0.05, 0.1) is 0 Å². The number of alkyl halides is 3. The van der Waals surface area contributed by atoms with E-state index in [1.54, 1.807) is 12.4 Å². The molecular weight excluding hydrogens is 230 g/mol. The summed E-state index contributed by atoms with van der Waals surface area (Å²) in [6.45, 7) is 0. The van der Waals surface area contributed by atoms with E-state index in [0.717, 1.165) is 0 Å². The van der Waals surface area contributed by atoms with Gasteiger partial charge in [0.2, 0.25) is 0 Å². The van der Waals surface area contributed by atoms with Crippen molar-refractivity contribution >= 4 is 40.5 Å². The second-order valence-corrected chi connectivity index (χ2v) is 4.33. The molecule has 74 valence electrons. The predicted molar refractivity (Wildman–Crippen MR) is 59.9 cm³/mol. The summed E-state index contributed by atoms with van der Waals surface area (Å²) < 4.78 is -0.750. The molecule has 0 radical (unpaired) electrons. The Morgan fingerprint density at radius 2 is 1.54 bits per heavy atom. The molecule has 2 nitrogen and oxygen atoms in total. The minimum Gasteiger partial charge on any atom is -0.378 e. The van der Waals surface area contributed by atoms with Crippen molar-refractivity contribution in [3.63, 3.8) is 0 Å². The van der Waals surface area contributed by atoms with Crippen molar-refractivity contribution < 1.29 is 0 Å². The minimum atomic E-state index is -0.750. The second kappa shape index (κ2) is 7.25. The smallest absolute Gasteiger partial charge is 0.180 e. The number of hydrogen-bond donors (Lipinski definition) is 0. The first-order chi connectivity index (χ1) is 6.04. The van der Waals surface area contributed by atoms with Crippen LogP contribution in [0.3, 0.4) is 0 Å². The summed E-state index contributed by atoms with van der Waals surface area (Å²) in [5, 5.41) is 0. The van der Waals surface area contributed by atoms with Crippen molar-refractivity contribution in [2.75, 3.05) is 19.0 Å². The van der Waals surface area contributed by atoms with Gasteiger partial charge in [-0.15, -0.1) is 0 Å². The number of aromatic nitrogens is 1. The monoisotopic (exact) mass is 240 g/mol. The molecule has 0 amide bonds. The molecule has 0 fully saturated rings. The van der Waals surface area contributed by atoms with E-state index in [-0.39, 0.29) is 0 Å². The van der Waals surface area contributed by atoms with Gasteiger partial charge in [0.25, 0.3) is 0 Å². The summed E-state index contributed by atoms with van der Waals surface area (Å²) >= 11 is 14.4. The fourth-order valence-electron chi connectivity index (χ4n) is 0.642. The zero-order chi connectivity index (χ0) is 10.3. The SMILES string of the molecule is CN(C)c1ccncc1.ClC(Cl)Cl. The average Bonchev–Trinajstić information content (AvgIpc) is 2.05. The van der Waals surface area contributed by atoms with Crippen molar-refractivity contribution in [1.82, 2.24) is 4.98 Å². The second-order valence-electron chi connectivity index (χ2n) is 2.35. The van der Waals surface area contributed by atoms with Crippen LogP contribution in [0.15, 0.2) is 24.5 Å². The lowest BCUT2D eigenvalue weighted by Gasteiger charge is -2.10. The predicted octanol–water partition coefficient (Wildman–Crippen LogP) is 3.13. The number of anilines is 1. The summed E-state index contributed by atoms with van der Waals surface area (Å²) in [7, 11) is 4.02. The summed E-state index contributed by atoms with van der Waals surface area (Å²) in [6, 6.07) is 3.94. The first-order valence-corrected chi connectivity index (χ1v) is 4.84. The van der Waals surface area contributed by atoms with Crippen LogP contribution in [0.1, 0.15) is 0 Å². The Balaban J connectivity index is 0.000000310. The van der Waals surface area contributed by atoms with Crippen LogP contribution in [-0.4, -0.2) is 23.4 Å². The van der Waals surface area contributed by atoms with Crippen molar-refractivity contribution in [2.45, 2.75) is 4.30 Å². The van der Waals surface area contributed by atoms with E-state index in [1.165, 1.54) is 5.69 Å². The van der Waals surface area contributed by atoms with E-state index in [1.807, 2.05) is 31.1 Å². The van der Waals surface area contributed by atoms with Crippen LogP contribution in [0, 0.1) is 0 Å². The maximum absolute atomic E-state index is 4.81. The van der Waals surface area contributed by atoms with Crippen LogP contribution < -0.4 is 4.90 Å². The number of nitrogens with zero attached hydrogens (tertiary/aromatic N) is 2. The lowest BCUT2D eigenvalue weighted by Crippen LogP contribution is -2.07. The van der Waals surface area contributed by atoms with Gasteiger partial charge in [-0.3, -0.25) is 4.98 Å². The molecule has 0 bridgehead atoms. The highest BCUT2D eigenvalue weighted by molar-refractivity contribution is 6.63. The summed E-state index contributed by atoms with van der Waals surface area (Å²) in [5.41, 5.74) is 1.19. The van der Waals surface area contributed by atoms with Gasteiger partial charge in [0, 0.05) is 32.2 Å². The zero-order valence-electron chi connectivity index (χ0n) is 7.42. The van der Waals surface area contributed by atoms with Gasteiger partial charge < -0.3 is 4.90 Å². The molecule has 0 saturated heterocycles. The number of hydrogen-bond acceptors (Lipinski definition) is 2. The Kier molecular flexibility index (Phi) is 7.14. The molecule has 1 aromatic rings. The van der Waals surface area contributed by atoms with Gasteiger partial charge in [0.1, 0.15) is 0 Å². The van der Waals surface area contributed by atoms with E-state index >= 15 is 0 Å². The van der Waals surface area contributed by atoms with Crippen LogP contribution in [0.4, 0.5) is 5.69 Å². The Hall–Kier alpha value is -0.180. The van der Waals surface area contributed by atoms with Gasteiger partial charge in [-0.05, 0) is 12.1 Å². The van der Waals surface area contributed by atoms with Crippen molar-refractivity contribution in [1.29, 1.82) is 0 Å². The van der Waals surface area contributed by atoms with Crippen LogP contribution in [0.5, 0.6) is 0 Å². The molecule has 0 N–H and O–H groups in total.